The van der Waals surface area contributed by atoms with Crippen molar-refractivity contribution < 1.29 is 18.0 Å². The van der Waals surface area contributed by atoms with Crippen LogP contribution in [0.3, 0.4) is 0 Å². The highest BCUT2D eigenvalue weighted by Gasteiger charge is 2.56. The summed E-state index contributed by atoms with van der Waals surface area (Å²) in [5.74, 6) is 2.06. The molecule has 4 aliphatic heterocycles. The molecular formula is C73H122ClF3N12O. The minimum absolute atomic E-state index is 0.0133. The number of allylic oxidation sites excluding steroid dienone is 3. The molecule has 6 N–H and O–H groups in total. The fourth-order valence-electron chi connectivity index (χ4n) is 16.5. The molecule has 7 aliphatic rings. The number of unbranched alkanes of at least 4 members (excludes halogenated alkanes) is 2. The average molecular weight is 1280 g/mol. The van der Waals surface area contributed by atoms with Gasteiger partial charge in [-0.05, 0) is 153 Å². The second-order valence-electron chi connectivity index (χ2n) is 29.0. The SMILES string of the molecule is CCCCC[C@@H]1NC[C@H]([C@@H](C)CC)NC(C)[C@H](C)N2CCCC2=CN(C)C(CC2CCCCC2)=CN(C)C=CN=C(CCc2ccc(C(F)(F)F)c(Cl)c2)C=CNCCNCC2(CCCC2)NC(C)[C@H](C2CCCC2)N2C(C)[C@H](C(=O)N3CCC3)C2CNC1C. The number of rotatable bonds is 13. The van der Waals surface area contributed by atoms with Gasteiger partial charge in [0.25, 0.3) is 0 Å². The minimum Gasteiger partial charge on any atom is -0.390 e. The van der Waals surface area contributed by atoms with Gasteiger partial charge >= 0.3 is 6.18 Å². The Morgan fingerprint density at radius 1 is 0.822 bits per heavy atom. The largest absolute Gasteiger partial charge is 0.417 e. The Balaban J connectivity index is 1.09. The number of carbonyl (C=O) groups is 1. The van der Waals surface area contributed by atoms with Gasteiger partial charge in [-0.2, -0.15) is 13.2 Å². The maximum Gasteiger partial charge on any atom is 0.417 e. The fraction of sp³-hybridized carbons (Fsp3) is 0.781. The normalized spacial score (nSPS) is 30.6. The topological polar surface area (TPSA) is 118 Å². The summed E-state index contributed by atoms with van der Waals surface area (Å²) in [5.41, 5.74) is 3.37. The summed E-state index contributed by atoms with van der Waals surface area (Å²) in [4.78, 5) is 31.8. The molecule has 3 saturated heterocycles. The summed E-state index contributed by atoms with van der Waals surface area (Å²) in [6, 6.07) is 6.31. The zero-order chi connectivity index (χ0) is 64.4. The molecule has 4 heterocycles. The molecule has 5 unspecified atom stereocenters. The summed E-state index contributed by atoms with van der Waals surface area (Å²) in [5, 5.41) is 24.2. The first-order chi connectivity index (χ1) is 43.3. The second kappa shape index (κ2) is 35.2. The van der Waals surface area contributed by atoms with E-state index >= 15 is 0 Å². The second-order valence-corrected chi connectivity index (χ2v) is 29.4. The van der Waals surface area contributed by atoms with Crippen LogP contribution in [0, 0.1) is 23.7 Å². The zero-order valence-corrected chi connectivity index (χ0v) is 58.2. The molecule has 0 aromatic heterocycles. The van der Waals surface area contributed by atoms with Gasteiger partial charge in [-0.15, -0.1) is 0 Å². The van der Waals surface area contributed by atoms with Crippen molar-refractivity contribution in [3.05, 3.63) is 82.8 Å². The quantitative estimate of drug-likeness (QED) is 0.106. The van der Waals surface area contributed by atoms with E-state index in [-0.39, 0.29) is 52.7 Å². The van der Waals surface area contributed by atoms with Crippen molar-refractivity contribution in [1.29, 1.82) is 0 Å². The third-order valence-electron chi connectivity index (χ3n) is 22.5. The number of hydrogen-bond acceptors (Lipinski definition) is 12. The summed E-state index contributed by atoms with van der Waals surface area (Å²) < 4.78 is 41.1. The van der Waals surface area contributed by atoms with Crippen LogP contribution < -0.4 is 31.9 Å². The van der Waals surface area contributed by atoms with Gasteiger partial charge in [-0.3, -0.25) is 14.7 Å². The van der Waals surface area contributed by atoms with Gasteiger partial charge < -0.3 is 51.5 Å². The van der Waals surface area contributed by atoms with E-state index < -0.39 is 11.7 Å². The number of halogens is 4. The standard InChI is InChI=1S/C73H122ClF3N12O/c1-11-13-15-29-66-54(5)81-48-68-69(71(90)87-41-23-42-87)57(8)89(68)70(60-26-18-19-27-60)55(6)84-72(35-20-21-36-72)51-79-39-38-78-37-34-61(32-30-59-31-33-64(65(74)46-59)73(75,76)77)80-40-44-85(9)49-63(45-58-24-16-14-17-25-58)86(10)50-62-28-22-43-88(62)56(7)53(4)83-67(47-82-66)52(3)12-2/h31,33-34,37,40,44,46,49-50,52-58,60,66-70,78-79,81-84H,11-30,32,35-36,38-39,41-43,45,47-48,51H2,1-10H3/t52-,53?,54?,55?,56-,57?,66-,67+,68?,69-,70+/m0/s1. The first kappa shape index (κ1) is 72.2. The highest BCUT2D eigenvalue weighted by atomic mass is 35.5. The van der Waals surface area contributed by atoms with E-state index in [0.29, 0.717) is 54.6 Å². The number of hydrogen-bond donors (Lipinski definition) is 6. The molecule has 11 atom stereocenters. The Morgan fingerprint density at radius 2 is 1.57 bits per heavy atom. The molecule has 1 spiro atoms. The van der Waals surface area contributed by atoms with Crippen molar-refractivity contribution in [1.82, 2.24) is 56.4 Å². The number of nitrogens with zero attached hydrogens (tertiary/aromatic N) is 6. The lowest BCUT2D eigenvalue weighted by Gasteiger charge is -2.60. The Morgan fingerprint density at radius 3 is 2.26 bits per heavy atom. The molecule has 1 aromatic rings. The lowest BCUT2D eigenvalue weighted by Crippen LogP contribution is -2.76. The first-order valence-electron chi connectivity index (χ1n) is 36.2. The number of amides is 1. The van der Waals surface area contributed by atoms with Gasteiger partial charge in [0.1, 0.15) is 0 Å². The van der Waals surface area contributed by atoms with Crippen LogP contribution in [0.5, 0.6) is 0 Å². The van der Waals surface area contributed by atoms with Crippen LogP contribution in [-0.2, 0) is 17.4 Å². The van der Waals surface area contributed by atoms with Crippen LogP contribution in [0.15, 0.2) is 71.7 Å². The summed E-state index contributed by atoms with van der Waals surface area (Å²) in [6.07, 6.45) is 35.3. The zero-order valence-electron chi connectivity index (χ0n) is 57.4. The predicted molar refractivity (Wildman–Crippen MR) is 368 cm³/mol. The number of alkyl halides is 3. The van der Waals surface area contributed by atoms with Crippen molar-refractivity contribution in [3.8, 4) is 0 Å². The van der Waals surface area contributed by atoms with Gasteiger partial charge in [0.05, 0.1) is 16.5 Å². The highest BCUT2D eigenvalue weighted by molar-refractivity contribution is 6.31. The summed E-state index contributed by atoms with van der Waals surface area (Å²) >= 11 is 6.21. The molecular weight excluding hydrogens is 1150 g/mol. The Hall–Kier alpha value is -3.64. The predicted octanol–water partition coefficient (Wildman–Crippen LogP) is 13.6. The van der Waals surface area contributed by atoms with Crippen molar-refractivity contribution in [2.24, 2.45) is 28.7 Å². The number of aryl methyl sites for hydroxylation is 1. The third kappa shape index (κ3) is 20.0. The maximum atomic E-state index is 14.6. The first-order valence-corrected chi connectivity index (χ1v) is 36.6. The van der Waals surface area contributed by atoms with E-state index in [1.807, 2.05) is 24.7 Å². The molecule has 3 saturated carbocycles. The molecule has 6 fully saturated rings. The van der Waals surface area contributed by atoms with Gasteiger partial charge in [0.2, 0.25) is 5.91 Å². The van der Waals surface area contributed by atoms with Crippen molar-refractivity contribution >= 4 is 23.2 Å². The van der Waals surface area contributed by atoms with E-state index in [2.05, 4.69) is 138 Å². The van der Waals surface area contributed by atoms with E-state index in [4.69, 9.17) is 16.6 Å². The third-order valence-corrected chi connectivity index (χ3v) is 22.8. The highest BCUT2D eigenvalue weighted by Crippen LogP contribution is 2.44. The molecule has 0 bridgehead atoms. The average Bonchev–Trinajstić information content (AvgIpc) is 0.887. The monoisotopic (exact) mass is 1270 g/mol. The smallest absolute Gasteiger partial charge is 0.390 e. The lowest BCUT2D eigenvalue weighted by atomic mass is 9.73. The van der Waals surface area contributed by atoms with Gasteiger partial charge in [-0.1, -0.05) is 122 Å². The number of benzene rings is 1. The summed E-state index contributed by atoms with van der Waals surface area (Å²) in [6.45, 7) is 26.1. The van der Waals surface area contributed by atoms with Crippen LogP contribution in [0.25, 0.3) is 0 Å². The van der Waals surface area contributed by atoms with Crippen LogP contribution in [0.1, 0.15) is 214 Å². The molecule has 508 valence electrons. The van der Waals surface area contributed by atoms with Crippen LogP contribution >= 0.6 is 11.6 Å². The minimum atomic E-state index is -4.51. The number of aliphatic imine (C=N–C) groups is 1. The Bertz CT molecular complexity index is 2500. The van der Waals surface area contributed by atoms with Crippen molar-refractivity contribution in [3.63, 3.8) is 0 Å². The number of fused-ring (bicyclic) bond motifs is 2. The van der Waals surface area contributed by atoms with Crippen LogP contribution in [0.4, 0.5) is 13.2 Å². The van der Waals surface area contributed by atoms with E-state index in [0.717, 1.165) is 121 Å². The number of likely N-dealkylation sites (tertiary alicyclic amines) is 1. The van der Waals surface area contributed by atoms with Crippen LogP contribution in [-0.4, -0.2) is 162 Å². The number of carbonyl (C=O) groups excluding carboxylic acids is 1. The molecule has 0 radical (unpaired) electrons. The van der Waals surface area contributed by atoms with Crippen molar-refractivity contribution in [2.75, 3.05) is 66.5 Å². The molecule has 8 rings (SSSR count). The molecule has 13 nitrogen and oxygen atoms in total. The molecule has 1 amide bonds. The van der Waals surface area contributed by atoms with Crippen molar-refractivity contribution in [2.45, 2.75) is 276 Å². The Labute approximate surface area is 548 Å². The maximum absolute atomic E-state index is 14.6. The number of nitrogens with one attached hydrogen (secondary N) is 6. The lowest BCUT2D eigenvalue weighted by molar-refractivity contribution is -0.165. The molecule has 17 heteroatoms. The van der Waals surface area contributed by atoms with Gasteiger partial charge in [-0.25, -0.2) is 0 Å². The van der Waals surface area contributed by atoms with E-state index in [9.17, 15) is 18.0 Å². The van der Waals surface area contributed by atoms with E-state index in [1.165, 1.54) is 113 Å². The van der Waals surface area contributed by atoms with E-state index in [1.54, 1.807) is 0 Å². The molecule has 3 aliphatic carbocycles. The van der Waals surface area contributed by atoms with Gasteiger partial charge in [0, 0.05) is 168 Å². The van der Waals surface area contributed by atoms with Crippen LogP contribution in [0.2, 0.25) is 5.02 Å². The molecule has 90 heavy (non-hydrogen) atoms. The summed E-state index contributed by atoms with van der Waals surface area (Å²) in [7, 11) is 4.31. The van der Waals surface area contributed by atoms with Gasteiger partial charge in [0.15, 0.2) is 0 Å². The fourth-order valence-corrected chi connectivity index (χ4v) is 16.8. The Kier molecular flexibility index (Phi) is 28.2. The molecule has 1 aromatic carbocycles.